The van der Waals surface area contributed by atoms with E-state index in [0.29, 0.717) is 6.42 Å². The fraction of sp³-hybridized carbons (Fsp3) is 0.429. The topological polar surface area (TPSA) is 43.4 Å². The van der Waals surface area contributed by atoms with Crippen LogP contribution in [-0.2, 0) is 20.9 Å². The summed E-state index contributed by atoms with van der Waals surface area (Å²) in [5.41, 5.74) is 0.891. The van der Waals surface area contributed by atoms with Gasteiger partial charge in [-0.1, -0.05) is 50.1 Å². The van der Waals surface area contributed by atoms with Crippen molar-refractivity contribution in [3.63, 3.8) is 0 Å². The van der Waals surface area contributed by atoms with Gasteiger partial charge in [-0.25, -0.2) is 4.79 Å². The summed E-state index contributed by atoms with van der Waals surface area (Å²) in [6.45, 7) is 2.22. The van der Waals surface area contributed by atoms with Crippen LogP contribution in [0.4, 0.5) is 0 Å². The molecule has 1 aromatic carbocycles. The molecule has 3 nitrogen and oxygen atoms in total. The standard InChI is InChI=1S/C14H18O3/c1-2-3-5-10-13(15)14(16)17-11-12-8-6-4-7-9-12/h4,6-9H,2-3,5,10-11H2,1H3. The molecule has 1 aromatic rings. The first-order chi connectivity index (χ1) is 8.24. The SMILES string of the molecule is CCCCCC(=O)C(=O)OCc1ccccc1. The lowest BCUT2D eigenvalue weighted by molar-refractivity contribution is -0.154. The molecule has 0 amide bonds. The van der Waals surface area contributed by atoms with E-state index < -0.39 is 11.8 Å². The molecule has 17 heavy (non-hydrogen) atoms. The van der Waals surface area contributed by atoms with Crippen LogP contribution >= 0.6 is 0 Å². The van der Waals surface area contributed by atoms with E-state index in [1.54, 1.807) is 0 Å². The maximum absolute atomic E-state index is 11.4. The summed E-state index contributed by atoms with van der Waals surface area (Å²) in [5.74, 6) is -1.14. The van der Waals surface area contributed by atoms with Crippen LogP contribution in [0, 0.1) is 0 Å². The summed E-state index contributed by atoms with van der Waals surface area (Å²) in [4.78, 5) is 22.7. The highest BCUT2D eigenvalue weighted by atomic mass is 16.5. The van der Waals surface area contributed by atoms with E-state index in [1.807, 2.05) is 30.3 Å². The monoisotopic (exact) mass is 234 g/mol. The van der Waals surface area contributed by atoms with Gasteiger partial charge in [0.15, 0.2) is 0 Å². The maximum Gasteiger partial charge on any atom is 0.374 e. The number of esters is 1. The number of ether oxygens (including phenoxy) is 1. The minimum atomic E-state index is -0.718. The summed E-state index contributed by atoms with van der Waals surface area (Å²) >= 11 is 0. The Kier molecular flexibility index (Phi) is 6.00. The van der Waals surface area contributed by atoms with Crippen molar-refractivity contribution in [2.75, 3.05) is 0 Å². The Morgan fingerprint density at radius 1 is 1.12 bits per heavy atom. The zero-order valence-electron chi connectivity index (χ0n) is 10.1. The number of carbonyl (C=O) groups is 2. The molecule has 3 heteroatoms. The van der Waals surface area contributed by atoms with E-state index in [0.717, 1.165) is 24.8 Å². The van der Waals surface area contributed by atoms with Crippen molar-refractivity contribution in [1.29, 1.82) is 0 Å². The molecule has 0 aliphatic rings. The average molecular weight is 234 g/mol. The zero-order chi connectivity index (χ0) is 12.5. The summed E-state index contributed by atoms with van der Waals surface area (Å²) in [5, 5.41) is 0. The van der Waals surface area contributed by atoms with Crippen LogP contribution in [0.15, 0.2) is 30.3 Å². The third-order valence-corrected chi connectivity index (χ3v) is 2.45. The minimum absolute atomic E-state index is 0.166. The third-order valence-electron chi connectivity index (χ3n) is 2.45. The van der Waals surface area contributed by atoms with Crippen LogP contribution in [0.5, 0.6) is 0 Å². The molecule has 1 rings (SSSR count). The van der Waals surface area contributed by atoms with Gasteiger partial charge in [0.1, 0.15) is 6.61 Å². The van der Waals surface area contributed by atoms with Crippen molar-refractivity contribution in [3.8, 4) is 0 Å². The molecule has 0 aliphatic carbocycles. The van der Waals surface area contributed by atoms with Gasteiger partial charge in [0, 0.05) is 6.42 Å². The number of hydrogen-bond acceptors (Lipinski definition) is 3. The highest BCUT2D eigenvalue weighted by Crippen LogP contribution is 2.04. The number of carbonyl (C=O) groups excluding carboxylic acids is 2. The first kappa shape index (κ1) is 13.4. The summed E-state index contributed by atoms with van der Waals surface area (Å²) in [6, 6.07) is 9.34. The predicted octanol–water partition coefficient (Wildman–Crippen LogP) is 2.88. The first-order valence-corrected chi connectivity index (χ1v) is 5.98. The molecule has 0 saturated heterocycles. The van der Waals surface area contributed by atoms with Crippen molar-refractivity contribution >= 4 is 11.8 Å². The Labute approximate surface area is 102 Å². The van der Waals surface area contributed by atoms with Crippen LogP contribution < -0.4 is 0 Å². The van der Waals surface area contributed by atoms with E-state index in [4.69, 9.17) is 4.74 Å². The van der Waals surface area contributed by atoms with Gasteiger partial charge in [-0.05, 0) is 12.0 Å². The molecular formula is C14H18O3. The van der Waals surface area contributed by atoms with Crippen molar-refractivity contribution < 1.29 is 14.3 Å². The van der Waals surface area contributed by atoms with Crippen molar-refractivity contribution in [3.05, 3.63) is 35.9 Å². The second-order valence-electron chi connectivity index (χ2n) is 3.94. The molecule has 0 atom stereocenters. The minimum Gasteiger partial charge on any atom is -0.455 e. The van der Waals surface area contributed by atoms with Crippen molar-refractivity contribution in [2.45, 2.75) is 39.2 Å². The number of unbranched alkanes of at least 4 members (excludes halogenated alkanes) is 2. The Bertz CT molecular complexity index is 357. The molecular weight excluding hydrogens is 216 g/mol. The van der Waals surface area contributed by atoms with Gasteiger partial charge >= 0.3 is 5.97 Å². The first-order valence-electron chi connectivity index (χ1n) is 5.98. The summed E-state index contributed by atoms with van der Waals surface area (Å²) in [6.07, 6.45) is 3.06. The van der Waals surface area contributed by atoms with E-state index in [-0.39, 0.29) is 6.61 Å². The number of rotatable bonds is 7. The van der Waals surface area contributed by atoms with Crippen LogP contribution in [0.1, 0.15) is 38.2 Å². The second-order valence-corrected chi connectivity index (χ2v) is 3.94. The van der Waals surface area contributed by atoms with Crippen LogP contribution in [0.3, 0.4) is 0 Å². The van der Waals surface area contributed by atoms with Crippen LogP contribution in [0.25, 0.3) is 0 Å². The van der Waals surface area contributed by atoms with Gasteiger partial charge < -0.3 is 4.74 Å². The summed E-state index contributed by atoms with van der Waals surface area (Å²) < 4.78 is 4.93. The van der Waals surface area contributed by atoms with Gasteiger partial charge in [-0.15, -0.1) is 0 Å². The van der Waals surface area contributed by atoms with Gasteiger partial charge in [-0.2, -0.15) is 0 Å². The fourth-order valence-corrected chi connectivity index (χ4v) is 1.44. The van der Waals surface area contributed by atoms with Crippen LogP contribution in [-0.4, -0.2) is 11.8 Å². The molecule has 0 N–H and O–H groups in total. The smallest absolute Gasteiger partial charge is 0.374 e. The van der Waals surface area contributed by atoms with E-state index >= 15 is 0 Å². The molecule has 0 spiro atoms. The number of Topliss-reactive ketones (excluding diaryl/α,β-unsaturated/α-hetero) is 1. The molecule has 0 aromatic heterocycles. The van der Waals surface area contributed by atoms with Crippen molar-refractivity contribution in [1.82, 2.24) is 0 Å². The number of hydrogen-bond donors (Lipinski definition) is 0. The largest absolute Gasteiger partial charge is 0.455 e. The summed E-state index contributed by atoms with van der Waals surface area (Å²) in [7, 11) is 0. The van der Waals surface area contributed by atoms with E-state index in [9.17, 15) is 9.59 Å². The Morgan fingerprint density at radius 3 is 2.47 bits per heavy atom. The van der Waals surface area contributed by atoms with Gasteiger partial charge in [0.2, 0.25) is 5.78 Å². The molecule has 0 bridgehead atoms. The lowest BCUT2D eigenvalue weighted by Crippen LogP contribution is -2.16. The van der Waals surface area contributed by atoms with E-state index in [1.165, 1.54) is 0 Å². The second kappa shape index (κ2) is 7.60. The quantitative estimate of drug-likeness (QED) is 0.414. The molecule has 0 unspecified atom stereocenters. The zero-order valence-corrected chi connectivity index (χ0v) is 10.1. The van der Waals surface area contributed by atoms with E-state index in [2.05, 4.69) is 6.92 Å². The molecule has 0 saturated carbocycles. The Morgan fingerprint density at radius 2 is 1.82 bits per heavy atom. The number of benzene rings is 1. The average Bonchev–Trinajstić information content (AvgIpc) is 2.37. The Balaban J connectivity index is 2.27. The van der Waals surface area contributed by atoms with Gasteiger partial charge in [0.05, 0.1) is 0 Å². The third kappa shape index (κ3) is 5.29. The van der Waals surface area contributed by atoms with Gasteiger partial charge in [0.25, 0.3) is 0 Å². The van der Waals surface area contributed by atoms with Gasteiger partial charge in [-0.3, -0.25) is 4.79 Å². The molecule has 92 valence electrons. The highest BCUT2D eigenvalue weighted by molar-refractivity contribution is 6.33. The Hall–Kier alpha value is -1.64. The molecule has 0 fully saturated rings. The maximum atomic E-state index is 11.4. The lowest BCUT2D eigenvalue weighted by atomic mass is 10.1. The van der Waals surface area contributed by atoms with Crippen LogP contribution in [0.2, 0.25) is 0 Å². The highest BCUT2D eigenvalue weighted by Gasteiger charge is 2.14. The van der Waals surface area contributed by atoms with Crippen molar-refractivity contribution in [2.24, 2.45) is 0 Å². The normalized spacial score (nSPS) is 9.94. The fourth-order valence-electron chi connectivity index (χ4n) is 1.44. The number of ketones is 1. The molecule has 0 heterocycles. The molecule has 0 aliphatic heterocycles. The molecule has 0 radical (unpaired) electrons. The lowest BCUT2D eigenvalue weighted by Gasteiger charge is -2.03. The predicted molar refractivity (Wildman–Crippen MR) is 65.4 cm³/mol.